The van der Waals surface area contributed by atoms with Crippen LogP contribution in [0.3, 0.4) is 0 Å². The van der Waals surface area contributed by atoms with Crippen molar-refractivity contribution < 1.29 is 4.79 Å². The monoisotopic (exact) mass is 198 g/mol. The summed E-state index contributed by atoms with van der Waals surface area (Å²) in [6.07, 6.45) is 0. The molecule has 0 saturated carbocycles. The second-order valence-electron chi connectivity index (χ2n) is 4.67. The summed E-state index contributed by atoms with van der Waals surface area (Å²) >= 11 is 0. The summed E-state index contributed by atoms with van der Waals surface area (Å²) in [5.74, 6) is 0.202. The molecule has 2 atom stereocenters. The third kappa shape index (κ3) is 2.27. The van der Waals surface area contributed by atoms with Crippen LogP contribution >= 0.6 is 0 Å². The standard InChI is InChI=1S/C11H22N2O/c1-8(2)12-6-9(3)13(11(5)14)10(4)7-12/h8-10H,6-7H2,1-5H3. The fourth-order valence-corrected chi connectivity index (χ4v) is 2.41. The zero-order valence-corrected chi connectivity index (χ0v) is 9.95. The molecule has 0 spiro atoms. The van der Waals surface area contributed by atoms with Crippen LogP contribution in [0.5, 0.6) is 0 Å². The Balaban J connectivity index is 2.68. The lowest BCUT2D eigenvalue weighted by Gasteiger charge is -2.45. The minimum atomic E-state index is 0.202. The minimum absolute atomic E-state index is 0.202. The van der Waals surface area contributed by atoms with Gasteiger partial charge in [0.05, 0.1) is 0 Å². The van der Waals surface area contributed by atoms with Crippen molar-refractivity contribution in [2.24, 2.45) is 0 Å². The number of piperazine rings is 1. The minimum Gasteiger partial charge on any atom is -0.335 e. The van der Waals surface area contributed by atoms with E-state index < -0.39 is 0 Å². The summed E-state index contributed by atoms with van der Waals surface area (Å²) < 4.78 is 0. The molecule has 1 aliphatic rings. The van der Waals surface area contributed by atoms with Gasteiger partial charge >= 0.3 is 0 Å². The molecule has 3 nitrogen and oxygen atoms in total. The Kier molecular flexibility index (Phi) is 3.53. The number of hydrogen-bond acceptors (Lipinski definition) is 2. The first-order valence-corrected chi connectivity index (χ1v) is 5.46. The second-order valence-corrected chi connectivity index (χ2v) is 4.67. The van der Waals surface area contributed by atoms with Gasteiger partial charge in [-0.3, -0.25) is 9.69 Å². The molecular formula is C11H22N2O. The molecule has 1 aliphatic heterocycles. The summed E-state index contributed by atoms with van der Waals surface area (Å²) in [4.78, 5) is 15.8. The maximum Gasteiger partial charge on any atom is 0.220 e. The van der Waals surface area contributed by atoms with Crippen molar-refractivity contribution in [3.63, 3.8) is 0 Å². The molecule has 0 aromatic carbocycles. The molecule has 1 rings (SSSR count). The van der Waals surface area contributed by atoms with E-state index in [1.165, 1.54) is 0 Å². The summed E-state index contributed by atoms with van der Waals surface area (Å²) in [6, 6.07) is 1.27. The van der Waals surface area contributed by atoms with Crippen LogP contribution in [0, 0.1) is 0 Å². The summed E-state index contributed by atoms with van der Waals surface area (Å²) in [6.45, 7) is 12.4. The molecular weight excluding hydrogens is 176 g/mol. The van der Waals surface area contributed by atoms with Crippen molar-refractivity contribution in [1.82, 2.24) is 9.80 Å². The number of carbonyl (C=O) groups excluding carboxylic acids is 1. The van der Waals surface area contributed by atoms with E-state index >= 15 is 0 Å². The number of amides is 1. The number of rotatable bonds is 1. The van der Waals surface area contributed by atoms with E-state index in [2.05, 4.69) is 32.6 Å². The van der Waals surface area contributed by atoms with E-state index in [0.717, 1.165) is 13.1 Å². The average Bonchev–Trinajstić information content (AvgIpc) is 2.01. The molecule has 0 N–H and O–H groups in total. The molecule has 0 radical (unpaired) electrons. The lowest BCUT2D eigenvalue weighted by atomic mass is 10.1. The summed E-state index contributed by atoms with van der Waals surface area (Å²) in [5, 5.41) is 0. The first kappa shape index (κ1) is 11.5. The molecule has 82 valence electrons. The fourth-order valence-electron chi connectivity index (χ4n) is 2.41. The third-order valence-corrected chi connectivity index (χ3v) is 3.04. The molecule has 0 aliphatic carbocycles. The van der Waals surface area contributed by atoms with Crippen molar-refractivity contribution in [2.75, 3.05) is 13.1 Å². The Morgan fingerprint density at radius 2 is 1.64 bits per heavy atom. The smallest absolute Gasteiger partial charge is 0.220 e. The van der Waals surface area contributed by atoms with Crippen LogP contribution in [-0.2, 0) is 4.79 Å². The molecule has 1 saturated heterocycles. The Labute approximate surface area is 87.1 Å². The largest absolute Gasteiger partial charge is 0.335 e. The van der Waals surface area contributed by atoms with Crippen LogP contribution in [0.2, 0.25) is 0 Å². The Hall–Kier alpha value is -0.570. The van der Waals surface area contributed by atoms with Crippen LogP contribution in [0.25, 0.3) is 0 Å². The Bertz CT molecular complexity index is 203. The van der Waals surface area contributed by atoms with Gasteiger partial charge in [-0.1, -0.05) is 0 Å². The van der Waals surface area contributed by atoms with Crippen molar-refractivity contribution in [3.8, 4) is 0 Å². The molecule has 14 heavy (non-hydrogen) atoms. The molecule has 1 heterocycles. The highest BCUT2D eigenvalue weighted by atomic mass is 16.2. The van der Waals surface area contributed by atoms with Gasteiger partial charge in [-0.2, -0.15) is 0 Å². The zero-order chi connectivity index (χ0) is 10.9. The van der Waals surface area contributed by atoms with Gasteiger partial charge in [0.15, 0.2) is 0 Å². The van der Waals surface area contributed by atoms with E-state index in [1.54, 1.807) is 6.92 Å². The highest BCUT2D eigenvalue weighted by Gasteiger charge is 2.31. The van der Waals surface area contributed by atoms with Gasteiger partial charge in [0.25, 0.3) is 0 Å². The number of carbonyl (C=O) groups is 1. The van der Waals surface area contributed by atoms with Gasteiger partial charge in [-0.15, -0.1) is 0 Å². The van der Waals surface area contributed by atoms with Gasteiger partial charge < -0.3 is 4.90 Å². The predicted octanol–water partition coefficient (Wildman–Crippen LogP) is 1.34. The highest BCUT2D eigenvalue weighted by molar-refractivity contribution is 5.74. The maximum absolute atomic E-state index is 11.4. The van der Waals surface area contributed by atoms with E-state index in [1.807, 2.05) is 4.90 Å². The first-order valence-electron chi connectivity index (χ1n) is 5.46. The highest BCUT2D eigenvalue weighted by Crippen LogP contribution is 2.17. The van der Waals surface area contributed by atoms with Gasteiger partial charge in [-0.25, -0.2) is 0 Å². The van der Waals surface area contributed by atoms with Crippen LogP contribution in [0.15, 0.2) is 0 Å². The van der Waals surface area contributed by atoms with Crippen LogP contribution in [0.1, 0.15) is 34.6 Å². The summed E-state index contributed by atoms with van der Waals surface area (Å²) in [7, 11) is 0. The Morgan fingerprint density at radius 1 is 1.21 bits per heavy atom. The van der Waals surface area contributed by atoms with E-state index in [9.17, 15) is 4.79 Å². The quantitative estimate of drug-likeness (QED) is 0.634. The molecule has 3 heteroatoms. The van der Waals surface area contributed by atoms with Crippen molar-refractivity contribution in [1.29, 1.82) is 0 Å². The van der Waals surface area contributed by atoms with Crippen LogP contribution in [-0.4, -0.2) is 46.9 Å². The number of nitrogens with zero attached hydrogens (tertiary/aromatic N) is 2. The van der Waals surface area contributed by atoms with Gasteiger partial charge in [0.2, 0.25) is 5.91 Å². The molecule has 0 aromatic rings. The lowest BCUT2D eigenvalue weighted by molar-refractivity contribution is -0.137. The van der Waals surface area contributed by atoms with Crippen molar-refractivity contribution in [3.05, 3.63) is 0 Å². The molecule has 1 amide bonds. The summed E-state index contributed by atoms with van der Waals surface area (Å²) in [5.41, 5.74) is 0. The third-order valence-electron chi connectivity index (χ3n) is 3.04. The molecule has 2 unspecified atom stereocenters. The van der Waals surface area contributed by atoms with E-state index in [-0.39, 0.29) is 5.91 Å². The molecule has 0 aromatic heterocycles. The van der Waals surface area contributed by atoms with Crippen LogP contribution in [0.4, 0.5) is 0 Å². The SMILES string of the molecule is CC(=O)N1C(C)CN(C(C)C)CC1C. The second kappa shape index (κ2) is 4.30. The van der Waals surface area contributed by atoms with E-state index in [0.29, 0.717) is 18.1 Å². The fraction of sp³-hybridized carbons (Fsp3) is 0.909. The van der Waals surface area contributed by atoms with Gasteiger partial charge in [-0.05, 0) is 27.7 Å². The van der Waals surface area contributed by atoms with Crippen molar-refractivity contribution in [2.45, 2.75) is 52.7 Å². The van der Waals surface area contributed by atoms with Gasteiger partial charge in [0.1, 0.15) is 0 Å². The first-order chi connectivity index (χ1) is 6.43. The number of hydrogen-bond donors (Lipinski definition) is 0. The van der Waals surface area contributed by atoms with E-state index in [4.69, 9.17) is 0 Å². The zero-order valence-electron chi connectivity index (χ0n) is 9.95. The van der Waals surface area contributed by atoms with Crippen molar-refractivity contribution >= 4 is 5.91 Å². The maximum atomic E-state index is 11.4. The Morgan fingerprint density at radius 3 is 1.93 bits per heavy atom. The average molecular weight is 198 g/mol. The lowest BCUT2D eigenvalue weighted by Crippen LogP contribution is -2.59. The normalized spacial score (nSPS) is 29.7. The molecule has 1 fully saturated rings. The van der Waals surface area contributed by atoms with Crippen LogP contribution < -0.4 is 0 Å². The predicted molar refractivity (Wildman–Crippen MR) is 58.2 cm³/mol. The molecule has 0 bridgehead atoms. The topological polar surface area (TPSA) is 23.6 Å². The van der Waals surface area contributed by atoms with Gasteiger partial charge in [0, 0.05) is 38.1 Å².